The van der Waals surface area contributed by atoms with Crippen LogP contribution in [-0.4, -0.2) is 0 Å². The Bertz CT molecular complexity index is 495. The molecular formula is C14H12Cl2F2N2. The molecule has 0 aliphatic rings. The van der Waals surface area contributed by atoms with Crippen molar-refractivity contribution in [3.63, 3.8) is 0 Å². The summed E-state index contributed by atoms with van der Waals surface area (Å²) in [5, 5.41) is 0. The zero-order valence-corrected chi connectivity index (χ0v) is 11.8. The number of benzene rings is 2. The van der Waals surface area contributed by atoms with Crippen molar-refractivity contribution >= 4 is 23.6 Å². The monoisotopic (exact) mass is 316 g/mol. The molecule has 6 heteroatoms. The third-order valence-electron chi connectivity index (χ3n) is 3.03. The van der Waals surface area contributed by atoms with E-state index in [0.29, 0.717) is 0 Å². The minimum absolute atomic E-state index is 0.334. The molecule has 106 valence electrons. The van der Waals surface area contributed by atoms with Crippen LogP contribution >= 0.6 is 23.6 Å². The van der Waals surface area contributed by atoms with Crippen LogP contribution in [0.5, 0.6) is 0 Å². The summed E-state index contributed by atoms with van der Waals surface area (Å²) in [7, 11) is 0. The number of nitrogens with one attached hydrogen (secondary N) is 2. The summed E-state index contributed by atoms with van der Waals surface area (Å²) in [6.07, 6.45) is 0. The van der Waals surface area contributed by atoms with E-state index in [1.165, 1.54) is 24.3 Å². The molecule has 0 aromatic heterocycles. The summed E-state index contributed by atoms with van der Waals surface area (Å²) in [5.74, 6) is -0.668. The number of halogens is 4. The van der Waals surface area contributed by atoms with E-state index in [1.807, 2.05) is 0 Å². The maximum Gasteiger partial charge on any atom is 0.123 e. The number of rotatable bonds is 5. The molecule has 2 rings (SSSR count). The smallest absolute Gasteiger partial charge is 0.123 e. The summed E-state index contributed by atoms with van der Waals surface area (Å²) in [4.78, 5) is 5.22. The third kappa shape index (κ3) is 3.46. The fourth-order valence-electron chi connectivity index (χ4n) is 1.98. The summed E-state index contributed by atoms with van der Waals surface area (Å²) in [6, 6.07) is 11.0. The molecule has 0 saturated carbocycles. The molecule has 2 atom stereocenters. The second-order valence-electron chi connectivity index (χ2n) is 4.28. The van der Waals surface area contributed by atoms with E-state index in [-0.39, 0.29) is 11.6 Å². The van der Waals surface area contributed by atoms with Crippen LogP contribution in [0.1, 0.15) is 23.2 Å². The van der Waals surface area contributed by atoms with Crippen molar-refractivity contribution in [3.8, 4) is 0 Å². The largest absolute Gasteiger partial charge is 0.224 e. The topological polar surface area (TPSA) is 24.1 Å². The number of hydrogen-bond acceptors (Lipinski definition) is 2. The van der Waals surface area contributed by atoms with Crippen molar-refractivity contribution in [2.45, 2.75) is 12.1 Å². The Morgan fingerprint density at radius 1 is 0.650 bits per heavy atom. The van der Waals surface area contributed by atoms with Crippen LogP contribution in [0, 0.1) is 11.6 Å². The van der Waals surface area contributed by atoms with E-state index in [1.54, 1.807) is 24.3 Å². The molecule has 0 aliphatic heterocycles. The van der Waals surface area contributed by atoms with Gasteiger partial charge in [0.05, 0.1) is 12.1 Å². The highest BCUT2D eigenvalue weighted by atomic mass is 35.5. The van der Waals surface area contributed by atoms with E-state index in [4.69, 9.17) is 23.6 Å². The Labute approximate surface area is 125 Å². The molecular weight excluding hydrogens is 305 g/mol. The molecule has 0 fully saturated rings. The van der Waals surface area contributed by atoms with Gasteiger partial charge in [0.25, 0.3) is 0 Å². The van der Waals surface area contributed by atoms with Gasteiger partial charge in [-0.15, -0.1) is 0 Å². The third-order valence-corrected chi connectivity index (χ3v) is 3.50. The lowest BCUT2D eigenvalue weighted by molar-refractivity contribution is 0.503. The molecule has 0 spiro atoms. The summed E-state index contributed by atoms with van der Waals surface area (Å²) in [5.41, 5.74) is 1.51. The van der Waals surface area contributed by atoms with Crippen LogP contribution in [0.3, 0.4) is 0 Å². The molecule has 2 aromatic carbocycles. The lowest BCUT2D eigenvalue weighted by Gasteiger charge is -2.25. The van der Waals surface area contributed by atoms with Gasteiger partial charge in [0.1, 0.15) is 11.6 Å². The van der Waals surface area contributed by atoms with Gasteiger partial charge < -0.3 is 0 Å². The molecule has 0 radical (unpaired) electrons. The lowest BCUT2D eigenvalue weighted by Crippen LogP contribution is -2.27. The van der Waals surface area contributed by atoms with Gasteiger partial charge in [0, 0.05) is 0 Å². The molecule has 2 unspecified atom stereocenters. The quantitative estimate of drug-likeness (QED) is 0.806. The van der Waals surface area contributed by atoms with E-state index in [0.717, 1.165) is 11.1 Å². The van der Waals surface area contributed by atoms with Gasteiger partial charge in [0.15, 0.2) is 0 Å². The Morgan fingerprint density at radius 2 is 0.950 bits per heavy atom. The van der Waals surface area contributed by atoms with Gasteiger partial charge in [-0.3, -0.25) is 0 Å². The Morgan fingerprint density at radius 3 is 1.20 bits per heavy atom. The van der Waals surface area contributed by atoms with Crippen LogP contribution in [0.2, 0.25) is 0 Å². The highest BCUT2D eigenvalue weighted by molar-refractivity contribution is 6.14. The maximum atomic E-state index is 13.0. The summed E-state index contributed by atoms with van der Waals surface area (Å²) < 4.78 is 25.9. The van der Waals surface area contributed by atoms with Gasteiger partial charge in [-0.25, -0.2) is 18.5 Å². The highest BCUT2D eigenvalue weighted by Crippen LogP contribution is 2.30. The second kappa shape index (κ2) is 6.99. The zero-order chi connectivity index (χ0) is 14.5. The molecule has 0 amide bonds. The van der Waals surface area contributed by atoms with Crippen LogP contribution in [0.4, 0.5) is 8.78 Å². The summed E-state index contributed by atoms with van der Waals surface area (Å²) >= 11 is 11.6. The minimum Gasteiger partial charge on any atom is -0.224 e. The van der Waals surface area contributed by atoms with Crippen LogP contribution < -0.4 is 9.67 Å². The van der Waals surface area contributed by atoms with Gasteiger partial charge >= 0.3 is 0 Å². The average molecular weight is 317 g/mol. The standard InChI is InChI=1S/C14H12Cl2F2N2/c15-19-13(9-1-5-11(17)6-2-9)14(20-16)10-3-7-12(18)8-4-10/h1-8,13-14,19-20H. The van der Waals surface area contributed by atoms with Crippen LogP contribution in [0.15, 0.2) is 48.5 Å². The van der Waals surface area contributed by atoms with Crippen LogP contribution in [0.25, 0.3) is 0 Å². The van der Waals surface area contributed by atoms with Crippen molar-refractivity contribution in [2.75, 3.05) is 0 Å². The van der Waals surface area contributed by atoms with Crippen molar-refractivity contribution in [1.82, 2.24) is 9.67 Å². The van der Waals surface area contributed by atoms with Crippen molar-refractivity contribution in [3.05, 3.63) is 71.3 Å². The Hall–Kier alpha value is -1.20. The minimum atomic E-state index is -0.403. The fraction of sp³-hybridized carbons (Fsp3) is 0.143. The Balaban J connectivity index is 2.32. The van der Waals surface area contributed by atoms with E-state index >= 15 is 0 Å². The van der Waals surface area contributed by atoms with E-state index in [9.17, 15) is 8.78 Å². The van der Waals surface area contributed by atoms with Crippen molar-refractivity contribution in [2.24, 2.45) is 0 Å². The van der Waals surface area contributed by atoms with Crippen molar-refractivity contribution < 1.29 is 8.78 Å². The fourth-order valence-corrected chi connectivity index (χ4v) is 2.48. The normalized spacial score (nSPS) is 14.0. The SMILES string of the molecule is Fc1ccc(C(NCl)C(NCl)c2ccc(F)cc2)cc1. The predicted octanol–water partition coefficient (Wildman–Crippen LogP) is 4.23. The summed E-state index contributed by atoms with van der Waals surface area (Å²) in [6.45, 7) is 0. The first kappa shape index (κ1) is 15.2. The van der Waals surface area contributed by atoms with E-state index in [2.05, 4.69) is 9.67 Å². The van der Waals surface area contributed by atoms with Crippen molar-refractivity contribution in [1.29, 1.82) is 0 Å². The van der Waals surface area contributed by atoms with Gasteiger partial charge in [-0.2, -0.15) is 0 Å². The highest BCUT2D eigenvalue weighted by Gasteiger charge is 2.23. The molecule has 0 aliphatic carbocycles. The zero-order valence-electron chi connectivity index (χ0n) is 10.3. The molecule has 0 saturated heterocycles. The molecule has 20 heavy (non-hydrogen) atoms. The lowest BCUT2D eigenvalue weighted by atomic mass is 9.95. The molecule has 0 heterocycles. The van der Waals surface area contributed by atoms with Gasteiger partial charge in [0.2, 0.25) is 0 Å². The van der Waals surface area contributed by atoms with Crippen LogP contribution in [-0.2, 0) is 0 Å². The first-order valence-corrected chi connectivity index (χ1v) is 6.64. The maximum absolute atomic E-state index is 13.0. The first-order chi connectivity index (χ1) is 9.65. The molecule has 2 nitrogen and oxygen atoms in total. The molecule has 2 N–H and O–H groups in total. The predicted molar refractivity (Wildman–Crippen MR) is 76.3 cm³/mol. The second-order valence-corrected chi connectivity index (χ2v) is 4.71. The van der Waals surface area contributed by atoms with Gasteiger partial charge in [-0.05, 0) is 58.9 Å². The average Bonchev–Trinajstić information content (AvgIpc) is 2.47. The molecule has 0 bridgehead atoms. The Kier molecular flexibility index (Phi) is 5.31. The van der Waals surface area contributed by atoms with Gasteiger partial charge in [-0.1, -0.05) is 24.3 Å². The number of hydrogen-bond donors (Lipinski definition) is 2. The molecule has 2 aromatic rings. The van der Waals surface area contributed by atoms with E-state index < -0.39 is 12.1 Å². The first-order valence-electron chi connectivity index (χ1n) is 5.89.